The summed E-state index contributed by atoms with van der Waals surface area (Å²) in [5, 5.41) is 13.6. The van der Waals surface area contributed by atoms with Crippen molar-refractivity contribution in [1.82, 2.24) is 5.32 Å². The summed E-state index contributed by atoms with van der Waals surface area (Å²) in [5.41, 5.74) is 0. The van der Waals surface area contributed by atoms with Gasteiger partial charge in [-0.05, 0) is 30.0 Å². The summed E-state index contributed by atoms with van der Waals surface area (Å²) in [6.45, 7) is 0.444. The predicted octanol–water partition coefficient (Wildman–Crippen LogP) is 3.24. The summed E-state index contributed by atoms with van der Waals surface area (Å²) in [7, 11) is 0. The quantitative estimate of drug-likeness (QED) is 0.691. The van der Waals surface area contributed by atoms with Crippen molar-refractivity contribution in [1.29, 1.82) is 0 Å². The Kier molecular flexibility index (Phi) is 6.62. The molecule has 23 heavy (non-hydrogen) atoms. The second-order valence-electron chi connectivity index (χ2n) is 5.00. The molecule has 5 nitrogen and oxygen atoms in total. The lowest BCUT2D eigenvalue weighted by molar-refractivity contribution is -0.137. The van der Waals surface area contributed by atoms with Gasteiger partial charge in [0.2, 0.25) is 5.91 Å². The summed E-state index contributed by atoms with van der Waals surface area (Å²) >= 11 is 1.44. The Labute approximate surface area is 138 Å². The van der Waals surface area contributed by atoms with Crippen LogP contribution in [0.25, 0.3) is 0 Å². The van der Waals surface area contributed by atoms with Gasteiger partial charge in [0, 0.05) is 11.3 Å². The summed E-state index contributed by atoms with van der Waals surface area (Å²) in [6, 6.07) is 12.6. The van der Waals surface area contributed by atoms with E-state index in [-0.39, 0.29) is 12.3 Å². The molecule has 1 amide bonds. The molecule has 0 spiro atoms. The number of carboxylic acids is 1. The molecule has 0 saturated heterocycles. The van der Waals surface area contributed by atoms with Crippen LogP contribution in [0.5, 0.6) is 5.75 Å². The fourth-order valence-corrected chi connectivity index (χ4v) is 2.87. The van der Waals surface area contributed by atoms with Gasteiger partial charge in [-0.1, -0.05) is 24.3 Å². The number of aliphatic carboxylic acids is 1. The van der Waals surface area contributed by atoms with E-state index in [2.05, 4.69) is 5.32 Å². The molecule has 1 aromatic heterocycles. The first kappa shape index (κ1) is 17.0. The summed E-state index contributed by atoms with van der Waals surface area (Å²) in [4.78, 5) is 23.8. The van der Waals surface area contributed by atoms with Crippen molar-refractivity contribution in [2.45, 2.75) is 25.3 Å². The monoisotopic (exact) mass is 333 g/mol. The number of ether oxygens (including phenoxy) is 1. The molecule has 2 N–H and O–H groups in total. The van der Waals surface area contributed by atoms with Crippen LogP contribution in [0.2, 0.25) is 0 Å². The Morgan fingerprint density at radius 1 is 1.17 bits per heavy atom. The zero-order valence-electron chi connectivity index (χ0n) is 12.6. The number of nitrogens with one attached hydrogen (secondary N) is 1. The van der Waals surface area contributed by atoms with Crippen LogP contribution in [-0.4, -0.2) is 23.6 Å². The molecule has 0 saturated carbocycles. The highest BCUT2D eigenvalue weighted by atomic mass is 32.1. The zero-order valence-corrected chi connectivity index (χ0v) is 13.4. The van der Waals surface area contributed by atoms with Crippen molar-refractivity contribution in [3.63, 3.8) is 0 Å². The zero-order chi connectivity index (χ0) is 16.5. The molecule has 1 heterocycles. The Hall–Kier alpha value is -2.34. The van der Waals surface area contributed by atoms with Crippen molar-refractivity contribution in [3.05, 3.63) is 52.7 Å². The molecule has 0 aliphatic rings. The topological polar surface area (TPSA) is 75.6 Å². The minimum atomic E-state index is -0.934. The van der Waals surface area contributed by atoms with E-state index >= 15 is 0 Å². The van der Waals surface area contributed by atoms with Gasteiger partial charge in [-0.15, -0.1) is 11.3 Å². The van der Waals surface area contributed by atoms with Crippen LogP contribution in [0.1, 0.15) is 30.2 Å². The molecule has 0 radical (unpaired) electrons. The van der Waals surface area contributed by atoms with Crippen LogP contribution >= 0.6 is 11.3 Å². The van der Waals surface area contributed by atoms with Crippen LogP contribution in [-0.2, 0) is 9.59 Å². The number of hydrogen-bond donors (Lipinski definition) is 2. The number of carbonyl (C=O) groups is 2. The van der Waals surface area contributed by atoms with E-state index in [1.165, 1.54) is 11.3 Å². The molecular formula is C17H19NO4S. The third-order valence-corrected chi connectivity index (χ3v) is 4.15. The van der Waals surface area contributed by atoms with Gasteiger partial charge in [0.1, 0.15) is 5.75 Å². The lowest BCUT2D eigenvalue weighted by Gasteiger charge is -2.15. The highest BCUT2D eigenvalue weighted by molar-refractivity contribution is 7.10. The van der Waals surface area contributed by atoms with E-state index in [1.807, 2.05) is 47.8 Å². The summed E-state index contributed by atoms with van der Waals surface area (Å²) in [5.74, 6) is -0.326. The molecule has 0 aliphatic carbocycles. The van der Waals surface area contributed by atoms with Crippen molar-refractivity contribution in [3.8, 4) is 5.75 Å². The standard InChI is InChI=1S/C17H19NO4S/c19-16(9-4-10-22-13-6-2-1-3-7-13)18-14(12-17(20)21)15-8-5-11-23-15/h1-3,5-8,11,14H,4,9-10,12H2,(H,18,19)(H,20,21). The van der Waals surface area contributed by atoms with Gasteiger partial charge in [0.15, 0.2) is 0 Å². The Bertz CT molecular complexity index is 613. The second-order valence-corrected chi connectivity index (χ2v) is 5.98. The number of para-hydroxylation sites is 1. The molecule has 1 atom stereocenters. The lowest BCUT2D eigenvalue weighted by Crippen LogP contribution is -2.29. The molecule has 0 fully saturated rings. The van der Waals surface area contributed by atoms with Crippen molar-refractivity contribution < 1.29 is 19.4 Å². The highest BCUT2D eigenvalue weighted by Crippen LogP contribution is 2.22. The smallest absolute Gasteiger partial charge is 0.305 e. The molecule has 2 rings (SSSR count). The fourth-order valence-electron chi connectivity index (χ4n) is 2.09. The van der Waals surface area contributed by atoms with Crippen LogP contribution in [0, 0.1) is 0 Å². The van der Waals surface area contributed by atoms with Crippen molar-refractivity contribution in [2.24, 2.45) is 0 Å². The maximum absolute atomic E-state index is 12.0. The molecule has 122 valence electrons. The summed E-state index contributed by atoms with van der Waals surface area (Å²) in [6.07, 6.45) is 0.756. The number of rotatable bonds is 9. The SMILES string of the molecule is O=C(O)CC(NC(=O)CCCOc1ccccc1)c1cccs1. The van der Waals surface area contributed by atoms with E-state index in [0.29, 0.717) is 19.4 Å². The van der Waals surface area contributed by atoms with E-state index in [4.69, 9.17) is 9.84 Å². The normalized spacial score (nSPS) is 11.7. The number of carbonyl (C=O) groups excluding carboxylic acids is 1. The predicted molar refractivity (Wildman–Crippen MR) is 88.6 cm³/mol. The van der Waals surface area contributed by atoms with E-state index in [0.717, 1.165) is 10.6 Å². The highest BCUT2D eigenvalue weighted by Gasteiger charge is 2.18. The first-order valence-electron chi connectivity index (χ1n) is 7.37. The van der Waals surface area contributed by atoms with Gasteiger partial charge in [-0.2, -0.15) is 0 Å². The van der Waals surface area contributed by atoms with Crippen LogP contribution in [0.3, 0.4) is 0 Å². The largest absolute Gasteiger partial charge is 0.494 e. The molecular weight excluding hydrogens is 314 g/mol. The third kappa shape index (κ3) is 6.12. The van der Waals surface area contributed by atoms with Gasteiger partial charge in [-0.3, -0.25) is 9.59 Å². The fraction of sp³-hybridized carbons (Fsp3) is 0.294. The summed E-state index contributed by atoms with van der Waals surface area (Å²) < 4.78 is 5.53. The lowest BCUT2D eigenvalue weighted by atomic mass is 10.1. The number of hydrogen-bond acceptors (Lipinski definition) is 4. The maximum atomic E-state index is 12.0. The minimum absolute atomic E-state index is 0.118. The van der Waals surface area contributed by atoms with Gasteiger partial charge >= 0.3 is 5.97 Å². The van der Waals surface area contributed by atoms with Gasteiger partial charge < -0.3 is 15.2 Å². The number of carboxylic acid groups (broad SMARTS) is 1. The Balaban J connectivity index is 1.74. The third-order valence-electron chi connectivity index (χ3n) is 3.16. The molecule has 1 aromatic carbocycles. The number of benzene rings is 1. The number of thiophene rings is 1. The van der Waals surface area contributed by atoms with E-state index in [9.17, 15) is 9.59 Å². The molecule has 1 unspecified atom stereocenters. The minimum Gasteiger partial charge on any atom is -0.494 e. The Morgan fingerprint density at radius 2 is 1.96 bits per heavy atom. The van der Waals surface area contributed by atoms with Crippen LogP contribution < -0.4 is 10.1 Å². The van der Waals surface area contributed by atoms with Crippen molar-refractivity contribution in [2.75, 3.05) is 6.61 Å². The van der Waals surface area contributed by atoms with Gasteiger partial charge in [0.25, 0.3) is 0 Å². The molecule has 6 heteroatoms. The average Bonchev–Trinajstić information content (AvgIpc) is 3.06. The average molecular weight is 333 g/mol. The van der Waals surface area contributed by atoms with Gasteiger partial charge in [0.05, 0.1) is 19.1 Å². The molecule has 2 aromatic rings. The van der Waals surface area contributed by atoms with Crippen LogP contribution in [0.4, 0.5) is 0 Å². The molecule has 0 bridgehead atoms. The number of amides is 1. The van der Waals surface area contributed by atoms with Crippen LogP contribution in [0.15, 0.2) is 47.8 Å². The first-order valence-corrected chi connectivity index (χ1v) is 8.25. The Morgan fingerprint density at radius 3 is 2.61 bits per heavy atom. The van der Waals surface area contributed by atoms with E-state index < -0.39 is 12.0 Å². The van der Waals surface area contributed by atoms with Gasteiger partial charge in [-0.25, -0.2) is 0 Å². The van der Waals surface area contributed by atoms with E-state index in [1.54, 1.807) is 0 Å². The van der Waals surface area contributed by atoms with Crippen molar-refractivity contribution >= 4 is 23.2 Å². The first-order chi connectivity index (χ1) is 11.1. The maximum Gasteiger partial charge on any atom is 0.305 e. The molecule has 0 aliphatic heterocycles. The second kappa shape index (κ2) is 8.95.